The number of rotatable bonds is 5. The van der Waals surface area contributed by atoms with Gasteiger partial charge in [0, 0.05) is 12.0 Å². The number of ether oxygens (including phenoxy) is 1. The topological polar surface area (TPSA) is 95.1 Å². The first-order valence-corrected chi connectivity index (χ1v) is 6.31. The van der Waals surface area contributed by atoms with Crippen molar-refractivity contribution in [1.82, 2.24) is 25.5 Å². The lowest BCUT2D eigenvalue weighted by Crippen LogP contribution is -2.49. The fraction of sp³-hybridized carbons (Fsp3) is 0.500. The van der Waals surface area contributed by atoms with Crippen LogP contribution in [-0.4, -0.2) is 45.9 Å². The van der Waals surface area contributed by atoms with Gasteiger partial charge in [0.05, 0.1) is 19.5 Å². The van der Waals surface area contributed by atoms with E-state index in [0.29, 0.717) is 31.3 Å². The molecule has 0 spiro atoms. The van der Waals surface area contributed by atoms with Gasteiger partial charge in [0.15, 0.2) is 5.76 Å². The number of aromatic nitrogens is 4. The van der Waals surface area contributed by atoms with E-state index in [1.807, 2.05) is 0 Å². The van der Waals surface area contributed by atoms with E-state index in [2.05, 4.69) is 27.7 Å². The number of hydrogen-bond acceptors (Lipinski definition) is 6. The van der Waals surface area contributed by atoms with Gasteiger partial charge in [0.1, 0.15) is 6.54 Å². The number of nitrogens with zero attached hydrogens (tertiary/aromatic N) is 4. The zero-order valence-corrected chi connectivity index (χ0v) is 11.1. The van der Waals surface area contributed by atoms with Crippen molar-refractivity contribution in [3.8, 4) is 11.6 Å². The molecule has 0 saturated carbocycles. The molecule has 1 aliphatic rings. The quantitative estimate of drug-likeness (QED) is 0.832. The molecule has 20 heavy (non-hydrogen) atoms. The Bertz CT molecular complexity index is 588. The number of carbonyl (C=O) groups excluding carboxylic acids is 1. The van der Waals surface area contributed by atoms with E-state index in [4.69, 9.17) is 9.15 Å². The van der Waals surface area contributed by atoms with Crippen LogP contribution >= 0.6 is 0 Å². The molecular weight excluding hydrogens is 262 g/mol. The van der Waals surface area contributed by atoms with E-state index in [9.17, 15) is 4.79 Å². The Morgan fingerprint density at radius 3 is 3.05 bits per heavy atom. The molecule has 1 fully saturated rings. The summed E-state index contributed by atoms with van der Waals surface area (Å²) in [6.45, 7) is 4.05. The van der Waals surface area contributed by atoms with Gasteiger partial charge in [-0.15, -0.1) is 10.2 Å². The molecule has 0 atom stereocenters. The molecule has 3 heterocycles. The van der Waals surface area contributed by atoms with Crippen molar-refractivity contribution in [2.45, 2.75) is 13.5 Å². The number of nitrogens with one attached hydrogen (secondary N) is 1. The highest BCUT2D eigenvalue weighted by Gasteiger charge is 2.33. The van der Waals surface area contributed by atoms with Crippen LogP contribution in [0.2, 0.25) is 0 Å². The lowest BCUT2D eigenvalue weighted by atomic mass is 9.89. The predicted octanol–water partition coefficient (Wildman–Crippen LogP) is 0.0858. The molecule has 8 heteroatoms. The molecule has 1 amide bonds. The molecule has 2 aromatic rings. The Kier molecular flexibility index (Phi) is 3.23. The monoisotopic (exact) mass is 277 g/mol. The maximum absolute atomic E-state index is 11.8. The molecular formula is C12H15N5O3. The van der Waals surface area contributed by atoms with Crippen LogP contribution in [0, 0.1) is 5.41 Å². The van der Waals surface area contributed by atoms with Gasteiger partial charge < -0.3 is 14.5 Å². The fourth-order valence-electron chi connectivity index (χ4n) is 1.86. The third kappa shape index (κ3) is 2.69. The van der Waals surface area contributed by atoms with E-state index >= 15 is 0 Å². The van der Waals surface area contributed by atoms with Crippen LogP contribution in [0.3, 0.4) is 0 Å². The second-order valence-corrected chi connectivity index (χ2v) is 5.20. The third-order valence-corrected chi connectivity index (χ3v) is 3.09. The SMILES string of the molecule is CC1(CNC(=O)Cn2nnc(-c3ccco3)n2)COC1. The van der Waals surface area contributed by atoms with Crippen LogP contribution in [-0.2, 0) is 16.1 Å². The molecule has 1 N–H and O–H groups in total. The summed E-state index contributed by atoms with van der Waals surface area (Å²) in [5.41, 5.74) is 0.0464. The molecule has 0 aromatic carbocycles. The average Bonchev–Trinajstić information content (AvgIpc) is 3.04. The fourth-order valence-corrected chi connectivity index (χ4v) is 1.86. The molecule has 0 unspecified atom stereocenters. The number of furan rings is 1. The third-order valence-electron chi connectivity index (χ3n) is 3.09. The van der Waals surface area contributed by atoms with Gasteiger partial charge in [-0.1, -0.05) is 6.92 Å². The largest absolute Gasteiger partial charge is 0.461 e. The summed E-state index contributed by atoms with van der Waals surface area (Å²) in [6.07, 6.45) is 1.53. The summed E-state index contributed by atoms with van der Waals surface area (Å²) in [7, 11) is 0. The molecule has 0 aliphatic carbocycles. The minimum absolute atomic E-state index is 0.0324. The zero-order chi connectivity index (χ0) is 14.0. The molecule has 0 radical (unpaired) electrons. The smallest absolute Gasteiger partial charge is 0.243 e. The van der Waals surface area contributed by atoms with Gasteiger partial charge in [0.25, 0.3) is 0 Å². The molecule has 1 saturated heterocycles. The van der Waals surface area contributed by atoms with Crippen molar-refractivity contribution in [3.63, 3.8) is 0 Å². The van der Waals surface area contributed by atoms with Gasteiger partial charge in [0.2, 0.25) is 11.7 Å². The van der Waals surface area contributed by atoms with Gasteiger partial charge >= 0.3 is 0 Å². The zero-order valence-electron chi connectivity index (χ0n) is 11.1. The van der Waals surface area contributed by atoms with E-state index in [1.54, 1.807) is 12.1 Å². The van der Waals surface area contributed by atoms with Crippen LogP contribution in [0.5, 0.6) is 0 Å². The van der Waals surface area contributed by atoms with Crippen LogP contribution < -0.4 is 5.32 Å². The maximum atomic E-state index is 11.8. The molecule has 2 aromatic heterocycles. The number of carbonyl (C=O) groups is 1. The summed E-state index contributed by atoms with van der Waals surface area (Å²) in [6, 6.07) is 3.48. The molecule has 106 valence electrons. The van der Waals surface area contributed by atoms with Gasteiger partial charge in [-0.25, -0.2) is 0 Å². The van der Waals surface area contributed by atoms with Crippen molar-refractivity contribution in [1.29, 1.82) is 0 Å². The molecule has 8 nitrogen and oxygen atoms in total. The minimum atomic E-state index is -0.151. The number of amides is 1. The highest BCUT2D eigenvalue weighted by atomic mass is 16.5. The second kappa shape index (κ2) is 5.04. The van der Waals surface area contributed by atoms with Crippen molar-refractivity contribution >= 4 is 5.91 Å². The van der Waals surface area contributed by atoms with Gasteiger partial charge in [-0.2, -0.15) is 4.80 Å². The Balaban J connectivity index is 1.54. The Morgan fingerprint density at radius 1 is 1.55 bits per heavy atom. The molecule has 1 aliphatic heterocycles. The minimum Gasteiger partial charge on any atom is -0.461 e. The first-order valence-electron chi connectivity index (χ1n) is 6.31. The second-order valence-electron chi connectivity index (χ2n) is 5.20. The Labute approximate surface area is 115 Å². The Morgan fingerprint density at radius 2 is 2.40 bits per heavy atom. The lowest BCUT2D eigenvalue weighted by molar-refractivity contribution is -0.127. The number of tetrazole rings is 1. The van der Waals surface area contributed by atoms with Crippen LogP contribution in [0.25, 0.3) is 11.6 Å². The summed E-state index contributed by atoms with van der Waals surface area (Å²) in [5, 5.41) is 14.6. The summed E-state index contributed by atoms with van der Waals surface area (Å²) in [4.78, 5) is 13.0. The van der Waals surface area contributed by atoms with Gasteiger partial charge in [-0.05, 0) is 17.3 Å². The molecule has 0 bridgehead atoms. The standard InChI is InChI=1S/C12H15N5O3/c1-12(7-19-8-12)6-13-10(18)5-17-15-11(14-16-17)9-3-2-4-20-9/h2-4H,5-8H2,1H3,(H,13,18). The molecule has 3 rings (SSSR count). The van der Waals surface area contributed by atoms with Crippen LogP contribution in [0.15, 0.2) is 22.8 Å². The maximum Gasteiger partial charge on any atom is 0.243 e. The normalized spacial score (nSPS) is 16.6. The van der Waals surface area contributed by atoms with Crippen molar-refractivity contribution in [2.75, 3.05) is 19.8 Å². The lowest BCUT2D eigenvalue weighted by Gasteiger charge is -2.37. The van der Waals surface area contributed by atoms with Crippen molar-refractivity contribution in [2.24, 2.45) is 5.41 Å². The number of hydrogen-bond donors (Lipinski definition) is 1. The summed E-state index contributed by atoms with van der Waals surface area (Å²) < 4.78 is 10.3. The van der Waals surface area contributed by atoms with E-state index in [-0.39, 0.29) is 17.9 Å². The highest BCUT2D eigenvalue weighted by Crippen LogP contribution is 2.24. The highest BCUT2D eigenvalue weighted by molar-refractivity contribution is 5.75. The van der Waals surface area contributed by atoms with Crippen LogP contribution in [0.1, 0.15) is 6.92 Å². The van der Waals surface area contributed by atoms with E-state index in [0.717, 1.165) is 0 Å². The Hall–Kier alpha value is -2.22. The average molecular weight is 277 g/mol. The first-order chi connectivity index (χ1) is 9.65. The van der Waals surface area contributed by atoms with E-state index in [1.165, 1.54) is 11.1 Å². The summed E-state index contributed by atoms with van der Waals surface area (Å²) in [5.74, 6) is 0.736. The van der Waals surface area contributed by atoms with E-state index < -0.39 is 0 Å². The first kappa shape index (κ1) is 12.8. The summed E-state index contributed by atoms with van der Waals surface area (Å²) >= 11 is 0. The van der Waals surface area contributed by atoms with Crippen molar-refractivity contribution < 1.29 is 13.9 Å². The van der Waals surface area contributed by atoms with Crippen LogP contribution in [0.4, 0.5) is 0 Å². The van der Waals surface area contributed by atoms with Crippen molar-refractivity contribution in [3.05, 3.63) is 18.4 Å². The predicted molar refractivity (Wildman–Crippen MR) is 67.5 cm³/mol. The van der Waals surface area contributed by atoms with Gasteiger partial charge in [-0.3, -0.25) is 4.79 Å².